The van der Waals surface area contributed by atoms with Gasteiger partial charge in [-0.25, -0.2) is 14.4 Å². The lowest BCUT2D eigenvalue weighted by atomic mass is 10.1. The highest BCUT2D eigenvalue weighted by molar-refractivity contribution is 5.86. The monoisotopic (exact) mass is 341 g/mol. The first-order chi connectivity index (χ1) is 10.8. The first-order valence-corrected chi connectivity index (χ1v) is 7.82. The number of likely N-dealkylation sites (tertiary alicyclic amines) is 1. The van der Waals surface area contributed by atoms with Gasteiger partial charge in [-0.1, -0.05) is 0 Å². The molecule has 0 saturated carbocycles. The molecule has 1 aliphatic heterocycles. The third-order valence-corrected chi connectivity index (χ3v) is 3.04. The van der Waals surface area contributed by atoms with E-state index in [0.29, 0.717) is 5.57 Å². The summed E-state index contributed by atoms with van der Waals surface area (Å²) < 4.78 is 15.3. The Bertz CT molecular complexity index is 538. The Hall–Kier alpha value is -2.05. The van der Waals surface area contributed by atoms with Crippen LogP contribution < -0.4 is 0 Å². The van der Waals surface area contributed by atoms with E-state index in [0.717, 1.165) is 0 Å². The second kappa shape index (κ2) is 7.23. The van der Waals surface area contributed by atoms with Crippen molar-refractivity contribution in [2.24, 2.45) is 0 Å². The van der Waals surface area contributed by atoms with Crippen LogP contribution in [0.1, 0.15) is 48.0 Å². The highest BCUT2D eigenvalue weighted by Gasteiger charge is 2.40. The van der Waals surface area contributed by atoms with Gasteiger partial charge in [0.1, 0.15) is 17.2 Å². The van der Waals surface area contributed by atoms with E-state index in [-0.39, 0.29) is 13.0 Å². The predicted octanol–water partition coefficient (Wildman–Crippen LogP) is 2.44. The molecule has 1 rings (SSSR count). The van der Waals surface area contributed by atoms with Gasteiger partial charge in [0.05, 0.1) is 7.11 Å². The van der Waals surface area contributed by atoms with Crippen molar-refractivity contribution in [3.8, 4) is 0 Å². The van der Waals surface area contributed by atoms with E-state index in [9.17, 15) is 14.4 Å². The van der Waals surface area contributed by atoms with Gasteiger partial charge in [0.25, 0.3) is 0 Å². The van der Waals surface area contributed by atoms with E-state index < -0.39 is 35.3 Å². The molecule has 1 amide bonds. The Morgan fingerprint density at radius 1 is 1.04 bits per heavy atom. The van der Waals surface area contributed by atoms with Crippen LogP contribution in [-0.4, -0.2) is 53.8 Å². The third-order valence-electron chi connectivity index (χ3n) is 3.04. The number of amides is 1. The fourth-order valence-electron chi connectivity index (χ4n) is 2.21. The van der Waals surface area contributed by atoms with Crippen molar-refractivity contribution in [1.82, 2.24) is 4.90 Å². The lowest BCUT2D eigenvalue weighted by Gasteiger charge is -2.27. The molecular weight excluding hydrogens is 314 g/mol. The third kappa shape index (κ3) is 6.22. The Kier molecular flexibility index (Phi) is 6.03. The smallest absolute Gasteiger partial charge is 0.411 e. The molecule has 0 unspecified atom stereocenters. The summed E-state index contributed by atoms with van der Waals surface area (Å²) >= 11 is 0. The molecule has 0 aromatic carbocycles. The van der Waals surface area contributed by atoms with Gasteiger partial charge >= 0.3 is 18.0 Å². The van der Waals surface area contributed by atoms with Gasteiger partial charge in [-0.15, -0.1) is 0 Å². The number of hydrogen-bond donors (Lipinski definition) is 0. The molecule has 0 bridgehead atoms. The Balaban J connectivity index is 2.93. The molecule has 136 valence electrons. The van der Waals surface area contributed by atoms with Crippen molar-refractivity contribution in [3.63, 3.8) is 0 Å². The molecule has 7 heteroatoms. The topological polar surface area (TPSA) is 82.1 Å². The summed E-state index contributed by atoms with van der Waals surface area (Å²) in [6.07, 6.45) is 0.918. The number of ether oxygens (including phenoxy) is 3. The Morgan fingerprint density at radius 2 is 1.58 bits per heavy atom. The number of methoxy groups -OCH3 is 1. The van der Waals surface area contributed by atoms with Crippen LogP contribution >= 0.6 is 0 Å². The molecule has 24 heavy (non-hydrogen) atoms. The van der Waals surface area contributed by atoms with Gasteiger partial charge in [0, 0.05) is 19.0 Å². The predicted molar refractivity (Wildman–Crippen MR) is 87.3 cm³/mol. The number of nitrogens with zero attached hydrogens (tertiary/aromatic N) is 1. The van der Waals surface area contributed by atoms with Gasteiger partial charge in [-0.3, -0.25) is 4.90 Å². The molecular formula is C17H27NO6. The zero-order valence-electron chi connectivity index (χ0n) is 15.5. The Labute approximate surface area is 142 Å². The SMILES string of the molecule is COC(=O)[C@H]1C/C(=C/C(=O)OC(C)(C)C)CN1C(=O)OC(C)(C)C. The first kappa shape index (κ1) is 20.0. The second-order valence-corrected chi connectivity index (χ2v) is 7.69. The molecule has 1 saturated heterocycles. The maximum Gasteiger partial charge on any atom is 0.411 e. The minimum Gasteiger partial charge on any atom is -0.467 e. The standard InChI is InChI=1S/C17H27NO6/c1-16(2,3)23-13(19)9-11-8-12(14(20)22-7)18(10-11)15(21)24-17(4,5)6/h9,12H,8,10H2,1-7H3/b11-9-/t12-/m1/s1. The van der Waals surface area contributed by atoms with Crippen molar-refractivity contribution in [2.45, 2.75) is 65.2 Å². The lowest BCUT2D eigenvalue weighted by molar-refractivity contribution is -0.148. The normalized spacial score (nSPS) is 20.0. The molecule has 0 radical (unpaired) electrons. The highest BCUT2D eigenvalue weighted by Crippen LogP contribution is 2.26. The number of carbonyl (C=O) groups excluding carboxylic acids is 3. The summed E-state index contributed by atoms with van der Waals surface area (Å²) in [4.78, 5) is 37.4. The molecule has 7 nitrogen and oxygen atoms in total. The van der Waals surface area contributed by atoms with Gasteiger partial charge in [0.15, 0.2) is 0 Å². The van der Waals surface area contributed by atoms with E-state index in [2.05, 4.69) is 0 Å². The number of hydrogen-bond acceptors (Lipinski definition) is 6. The average Bonchev–Trinajstić information content (AvgIpc) is 2.77. The van der Waals surface area contributed by atoms with Gasteiger partial charge in [0.2, 0.25) is 0 Å². The summed E-state index contributed by atoms with van der Waals surface area (Å²) in [6, 6.07) is -0.807. The van der Waals surface area contributed by atoms with Crippen LogP contribution in [0.2, 0.25) is 0 Å². The van der Waals surface area contributed by atoms with Crippen LogP contribution in [0.3, 0.4) is 0 Å². The average molecular weight is 341 g/mol. The maximum absolute atomic E-state index is 12.3. The lowest BCUT2D eigenvalue weighted by Crippen LogP contribution is -2.43. The molecule has 1 heterocycles. The molecule has 0 aliphatic carbocycles. The minimum atomic E-state index is -0.807. The second-order valence-electron chi connectivity index (χ2n) is 7.69. The Morgan fingerprint density at radius 3 is 2.04 bits per heavy atom. The van der Waals surface area contributed by atoms with E-state index in [1.165, 1.54) is 18.1 Å². The summed E-state index contributed by atoms with van der Waals surface area (Å²) in [7, 11) is 1.26. The van der Waals surface area contributed by atoms with Gasteiger partial charge in [-0.2, -0.15) is 0 Å². The fraction of sp³-hybridized carbons (Fsp3) is 0.706. The van der Waals surface area contributed by atoms with Crippen LogP contribution in [0.5, 0.6) is 0 Å². The van der Waals surface area contributed by atoms with Crippen molar-refractivity contribution in [1.29, 1.82) is 0 Å². The van der Waals surface area contributed by atoms with E-state index >= 15 is 0 Å². The summed E-state index contributed by atoms with van der Waals surface area (Å²) in [6.45, 7) is 10.6. The number of carbonyl (C=O) groups is 3. The van der Waals surface area contributed by atoms with Gasteiger partial charge < -0.3 is 14.2 Å². The highest BCUT2D eigenvalue weighted by atomic mass is 16.6. The molecule has 0 aromatic rings. The van der Waals surface area contributed by atoms with Crippen molar-refractivity contribution >= 4 is 18.0 Å². The van der Waals surface area contributed by atoms with Crippen LogP contribution in [0.4, 0.5) is 4.79 Å². The quantitative estimate of drug-likeness (QED) is 0.436. The zero-order chi connectivity index (χ0) is 18.7. The minimum absolute atomic E-state index is 0.119. The van der Waals surface area contributed by atoms with Crippen LogP contribution in [0.25, 0.3) is 0 Å². The first-order valence-electron chi connectivity index (χ1n) is 7.82. The number of rotatable bonds is 2. The van der Waals surface area contributed by atoms with Crippen molar-refractivity contribution < 1.29 is 28.6 Å². The largest absolute Gasteiger partial charge is 0.467 e. The zero-order valence-corrected chi connectivity index (χ0v) is 15.5. The molecule has 0 aromatic heterocycles. The van der Waals surface area contributed by atoms with E-state index in [4.69, 9.17) is 14.2 Å². The van der Waals surface area contributed by atoms with E-state index in [1.807, 2.05) is 0 Å². The van der Waals surface area contributed by atoms with Crippen LogP contribution in [0.15, 0.2) is 11.6 Å². The van der Waals surface area contributed by atoms with Crippen molar-refractivity contribution in [3.05, 3.63) is 11.6 Å². The molecule has 1 aliphatic rings. The summed E-state index contributed by atoms with van der Waals surface area (Å²) in [5.41, 5.74) is -0.681. The van der Waals surface area contributed by atoms with Crippen LogP contribution in [-0.2, 0) is 23.8 Å². The summed E-state index contributed by atoms with van der Waals surface area (Å²) in [5.74, 6) is -1.05. The van der Waals surface area contributed by atoms with E-state index in [1.54, 1.807) is 41.5 Å². The molecule has 0 spiro atoms. The fourth-order valence-corrected chi connectivity index (χ4v) is 2.21. The molecule has 1 fully saturated rings. The molecule has 0 N–H and O–H groups in total. The molecule has 1 atom stereocenters. The van der Waals surface area contributed by atoms with Gasteiger partial charge in [-0.05, 0) is 47.1 Å². The van der Waals surface area contributed by atoms with Crippen molar-refractivity contribution in [2.75, 3.05) is 13.7 Å². The maximum atomic E-state index is 12.3. The van der Waals surface area contributed by atoms with Crippen LogP contribution in [0, 0.1) is 0 Å². The number of esters is 2. The summed E-state index contributed by atoms with van der Waals surface area (Å²) in [5, 5.41) is 0.